The number of amides is 1. The number of aromatic nitrogens is 2. The Hall–Kier alpha value is -1.75. The highest BCUT2D eigenvalue weighted by Gasteiger charge is 2.47. The molecular formula is C16H27N5O5. The number of hydrogen-bond acceptors (Lipinski definition) is 9. The molecule has 4 atom stereocenters. The highest BCUT2D eigenvalue weighted by Crippen LogP contribution is 2.38. The van der Waals surface area contributed by atoms with Crippen LogP contribution in [0.5, 0.6) is 0 Å². The molecule has 146 valence electrons. The summed E-state index contributed by atoms with van der Waals surface area (Å²) in [5.41, 5.74) is -0.543. The maximum absolute atomic E-state index is 12.0. The van der Waals surface area contributed by atoms with E-state index in [1.54, 1.807) is 11.9 Å². The normalized spacial score (nSPS) is 29.0. The average molecular weight is 369 g/mol. The van der Waals surface area contributed by atoms with Crippen molar-refractivity contribution < 1.29 is 24.3 Å². The Morgan fingerprint density at radius 1 is 1.38 bits per heavy atom. The number of nitrogens with zero attached hydrogens (tertiary/aromatic N) is 5. The van der Waals surface area contributed by atoms with E-state index in [4.69, 9.17) is 9.15 Å². The largest absolute Gasteiger partial charge is 0.444 e. The summed E-state index contributed by atoms with van der Waals surface area (Å²) in [5, 5.41) is 29.0. The van der Waals surface area contributed by atoms with Crippen LogP contribution < -0.4 is 0 Å². The number of hydrogen-bond donors (Lipinski definition) is 2. The molecule has 0 saturated carbocycles. The van der Waals surface area contributed by atoms with Gasteiger partial charge in [-0.15, -0.1) is 15.3 Å². The first-order chi connectivity index (χ1) is 12.2. The SMILES string of the molecule is CN(CCc1nnc(C2CCC3CN2C(O)N3O)o1)C(=O)OC(C)(C)C. The number of carbonyl (C=O) groups excluding carboxylic acids is 1. The summed E-state index contributed by atoms with van der Waals surface area (Å²) in [4.78, 5) is 15.2. The van der Waals surface area contributed by atoms with Crippen molar-refractivity contribution in [1.29, 1.82) is 0 Å². The molecule has 1 amide bonds. The minimum absolute atomic E-state index is 0.0638. The van der Waals surface area contributed by atoms with Gasteiger partial charge in [-0.1, -0.05) is 0 Å². The van der Waals surface area contributed by atoms with Crippen LogP contribution in [0, 0.1) is 0 Å². The lowest BCUT2D eigenvalue weighted by atomic mass is 10.0. The van der Waals surface area contributed by atoms with Crippen LogP contribution in [0.4, 0.5) is 4.79 Å². The van der Waals surface area contributed by atoms with Crippen molar-refractivity contribution in [2.75, 3.05) is 20.1 Å². The van der Waals surface area contributed by atoms with Gasteiger partial charge < -0.3 is 24.4 Å². The molecule has 3 rings (SSSR count). The minimum Gasteiger partial charge on any atom is -0.444 e. The van der Waals surface area contributed by atoms with E-state index in [0.29, 0.717) is 31.3 Å². The molecule has 0 spiro atoms. The Morgan fingerprint density at radius 2 is 2.12 bits per heavy atom. The predicted octanol–water partition coefficient (Wildman–Crippen LogP) is 0.965. The third-order valence-corrected chi connectivity index (χ3v) is 4.64. The molecule has 1 aromatic heterocycles. The number of fused-ring (bicyclic) bond motifs is 2. The lowest BCUT2D eigenvalue weighted by molar-refractivity contribution is -0.222. The molecular weight excluding hydrogens is 342 g/mol. The number of aliphatic hydroxyl groups is 1. The van der Waals surface area contributed by atoms with Crippen LogP contribution >= 0.6 is 0 Å². The average Bonchev–Trinajstić information content (AvgIpc) is 3.12. The van der Waals surface area contributed by atoms with E-state index in [0.717, 1.165) is 17.9 Å². The number of aliphatic hydroxyl groups excluding tert-OH is 1. The van der Waals surface area contributed by atoms with Crippen LogP contribution in [0.15, 0.2) is 4.42 Å². The zero-order chi connectivity index (χ0) is 19.1. The van der Waals surface area contributed by atoms with Gasteiger partial charge in [-0.3, -0.25) is 4.90 Å². The Morgan fingerprint density at radius 3 is 2.81 bits per heavy atom. The van der Waals surface area contributed by atoms with Crippen molar-refractivity contribution >= 4 is 6.09 Å². The van der Waals surface area contributed by atoms with Gasteiger partial charge in [0.1, 0.15) is 5.60 Å². The van der Waals surface area contributed by atoms with Gasteiger partial charge in [0.15, 0.2) is 6.35 Å². The van der Waals surface area contributed by atoms with E-state index in [1.165, 1.54) is 4.90 Å². The van der Waals surface area contributed by atoms with Crippen molar-refractivity contribution in [3.8, 4) is 0 Å². The van der Waals surface area contributed by atoms with Crippen LogP contribution in [0.1, 0.15) is 51.4 Å². The zero-order valence-corrected chi connectivity index (χ0v) is 15.6. The Balaban J connectivity index is 1.56. The summed E-state index contributed by atoms with van der Waals surface area (Å²) in [6.45, 7) is 6.40. The Kier molecular flexibility index (Phi) is 5.20. The fraction of sp³-hybridized carbons (Fsp3) is 0.812. The fourth-order valence-electron chi connectivity index (χ4n) is 3.25. The molecule has 0 aliphatic carbocycles. The molecule has 1 aromatic rings. The monoisotopic (exact) mass is 369 g/mol. The predicted molar refractivity (Wildman–Crippen MR) is 89.0 cm³/mol. The molecule has 10 nitrogen and oxygen atoms in total. The number of likely N-dealkylation sites (N-methyl/N-ethyl adjacent to an activating group) is 1. The molecule has 0 aromatic carbocycles. The molecule has 2 aliphatic heterocycles. The molecule has 2 bridgehead atoms. The van der Waals surface area contributed by atoms with Crippen molar-refractivity contribution in [2.24, 2.45) is 0 Å². The highest BCUT2D eigenvalue weighted by atomic mass is 16.6. The quantitative estimate of drug-likeness (QED) is 0.800. The van der Waals surface area contributed by atoms with Crippen LogP contribution in [0.3, 0.4) is 0 Å². The highest BCUT2D eigenvalue weighted by molar-refractivity contribution is 5.67. The third kappa shape index (κ3) is 3.98. The topological polar surface area (TPSA) is 115 Å². The summed E-state index contributed by atoms with van der Waals surface area (Å²) < 4.78 is 11.0. The smallest absolute Gasteiger partial charge is 0.410 e. The fourth-order valence-corrected chi connectivity index (χ4v) is 3.25. The molecule has 2 N–H and O–H groups in total. The summed E-state index contributed by atoms with van der Waals surface area (Å²) in [6, 6.07) is -0.283. The second-order valence-electron chi connectivity index (χ2n) is 7.86. The molecule has 3 heterocycles. The molecule has 2 fully saturated rings. The number of piperidine rings is 1. The van der Waals surface area contributed by atoms with Crippen LogP contribution in [-0.2, 0) is 11.2 Å². The van der Waals surface area contributed by atoms with Crippen LogP contribution in [0.25, 0.3) is 0 Å². The summed E-state index contributed by atoms with van der Waals surface area (Å²) in [5.74, 6) is 0.847. The van der Waals surface area contributed by atoms with Crippen molar-refractivity contribution in [3.05, 3.63) is 11.8 Å². The molecule has 10 heteroatoms. The van der Waals surface area contributed by atoms with E-state index in [-0.39, 0.29) is 12.1 Å². The molecule has 2 saturated heterocycles. The molecule has 4 unspecified atom stereocenters. The van der Waals surface area contributed by atoms with Crippen molar-refractivity contribution in [3.63, 3.8) is 0 Å². The summed E-state index contributed by atoms with van der Waals surface area (Å²) in [6.07, 6.45) is 0.415. The Bertz CT molecular complexity index is 645. The van der Waals surface area contributed by atoms with E-state index >= 15 is 0 Å². The van der Waals surface area contributed by atoms with Gasteiger partial charge in [0.05, 0.1) is 12.1 Å². The first-order valence-electron chi connectivity index (χ1n) is 8.83. The summed E-state index contributed by atoms with van der Waals surface area (Å²) >= 11 is 0. The second-order valence-corrected chi connectivity index (χ2v) is 7.86. The number of carbonyl (C=O) groups is 1. The lowest BCUT2D eigenvalue weighted by Crippen LogP contribution is -2.38. The van der Waals surface area contributed by atoms with E-state index in [9.17, 15) is 15.1 Å². The third-order valence-electron chi connectivity index (χ3n) is 4.64. The molecule has 0 radical (unpaired) electrons. The second kappa shape index (κ2) is 7.10. The Labute approximate surface area is 152 Å². The number of ether oxygens (including phenoxy) is 1. The van der Waals surface area contributed by atoms with Crippen molar-refractivity contribution in [1.82, 2.24) is 25.1 Å². The van der Waals surface area contributed by atoms with E-state index in [2.05, 4.69) is 10.2 Å². The van der Waals surface area contributed by atoms with E-state index in [1.807, 2.05) is 20.8 Å². The number of rotatable bonds is 4. The first-order valence-corrected chi connectivity index (χ1v) is 8.83. The molecule has 26 heavy (non-hydrogen) atoms. The van der Waals surface area contributed by atoms with Crippen LogP contribution in [0.2, 0.25) is 0 Å². The maximum Gasteiger partial charge on any atom is 0.410 e. The van der Waals surface area contributed by atoms with Gasteiger partial charge in [0.25, 0.3) is 0 Å². The number of hydroxylamine groups is 2. The zero-order valence-electron chi connectivity index (χ0n) is 15.6. The van der Waals surface area contributed by atoms with Crippen molar-refractivity contribution in [2.45, 2.75) is 64.1 Å². The first kappa shape index (κ1) is 19.0. The van der Waals surface area contributed by atoms with Gasteiger partial charge >= 0.3 is 6.09 Å². The maximum atomic E-state index is 12.0. The minimum atomic E-state index is -1.05. The van der Waals surface area contributed by atoms with Crippen LogP contribution in [-0.4, -0.2) is 79.6 Å². The van der Waals surface area contributed by atoms with Gasteiger partial charge in [-0.05, 0) is 33.6 Å². The van der Waals surface area contributed by atoms with Gasteiger partial charge in [0, 0.05) is 26.6 Å². The molecule has 2 aliphatic rings. The lowest BCUT2D eigenvalue weighted by Gasteiger charge is -2.29. The van der Waals surface area contributed by atoms with Gasteiger partial charge in [-0.25, -0.2) is 4.79 Å². The van der Waals surface area contributed by atoms with Gasteiger partial charge in [-0.2, -0.15) is 0 Å². The van der Waals surface area contributed by atoms with Gasteiger partial charge in [0.2, 0.25) is 11.8 Å². The summed E-state index contributed by atoms with van der Waals surface area (Å²) in [7, 11) is 1.66. The van der Waals surface area contributed by atoms with E-state index < -0.39 is 18.0 Å². The standard InChI is InChI=1S/C16H27N5O5/c1-16(2,3)26-15(23)19(4)8-7-12-17-18-13(25-12)11-6-5-10-9-20(11)14(22)21(10)24/h10-11,14,22,24H,5-9H2,1-4H3.